The van der Waals surface area contributed by atoms with Crippen molar-refractivity contribution in [1.29, 1.82) is 0 Å². The van der Waals surface area contributed by atoms with E-state index in [1.165, 1.54) is 24.3 Å². The van der Waals surface area contributed by atoms with E-state index < -0.39 is 5.97 Å². The SMILES string of the molecule is O=C(COc1ccc(F)cc1)Oc1ccc2ccccc2c1. The van der Waals surface area contributed by atoms with Gasteiger partial charge in [0.2, 0.25) is 0 Å². The maximum atomic E-state index is 12.8. The lowest BCUT2D eigenvalue weighted by molar-refractivity contribution is -0.136. The van der Waals surface area contributed by atoms with Gasteiger partial charge >= 0.3 is 5.97 Å². The molecule has 0 amide bonds. The summed E-state index contributed by atoms with van der Waals surface area (Å²) < 4.78 is 23.2. The van der Waals surface area contributed by atoms with E-state index in [-0.39, 0.29) is 12.4 Å². The zero-order chi connectivity index (χ0) is 15.4. The van der Waals surface area contributed by atoms with Gasteiger partial charge in [-0.2, -0.15) is 0 Å². The monoisotopic (exact) mass is 296 g/mol. The van der Waals surface area contributed by atoms with Crippen molar-refractivity contribution in [2.75, 3.05) is 6.61 Å². The van der Waals surface area contributed by atoms with Gasteiger partial charge in [0, 0.05) is 0 Å². The Labute approximate surface area is 126 Å². The average molecular weight is 296 g/mol. The first-order valence-electron chi connectivity index (χ1n) is 6.78. The number of esters is 1. The summed E-state index contributed by atoms with van der Waals surface area (Å²) in [6.45, 7) is -0.238. The van der Waals surface area contributed by atoms with Gasteiger partial charge in [0.15, 0.2) is 6.61 Å². The maximum absolute atomic E-state index is 12.8. The fourth-order valence-electron chi connectivity index (χ4n) is 2.06. The zero-order valence-electron chi connectivity index (χ0n) is 11.7. The Bertz CT molecular complexity index is 797. The molecule has 0 unspecified atom stereocenters. The molecule has 0 saturated heterocycles. The highest BCUT2D eigenvalue weighted by Crippen LogP contribution is 2.20. The molecule has 0 aromatic heterocycles. The molecule has 0 radical (unpaired) electrons. The van der Waals surface area contributed by atoms with Crippen molar-refractivity contribution in [2.45, 2.75) is 0 Å². The van der Waals surface area contributed by atoms with Gasteiger partial charge in [0.05, 0.1) is 0 Å². The minimum atomic E-state index is -0.514. The summed E-state index contributed by atoms with van der Waals surface area (Å²) >= 11 is 0. The largest absolute Gasteiger partial charge is 0.482 e. The lowest BCUT2D eigenvalue weighted by Gasteiger charge is -2.07. The smallest absolute Gasteiger partial charge is 0.349 e. The number of hydrogen-bond donors (Lipinski definition) is 0. The molecule has 0 aliphatic carbocycles. The maximum Gasteiger partial charge on any atom is 0.349 e. The predicted molar refractivity (Wildman–Crippen MR) is 81.5 cm³/mol. The molecule has 0 heterocycles. The van der Waals surface area contributed by atoms with Gasteiger partial charge in [-0.15, -0.1) is 0 Å². The molecule has 3 aromatic rings. The number of halogens is 1. The topological polar surface area (TPSA) is 35.5 Å². The van der Waals surface area contributed by atoms with Crippen LogP contribution in [0.3, 0.4) is 0 Å². The Hall–Kier alpha value is -2.88. The van der Waals surface area contributed by atoms with Crippen molar-refractivity contribution in [3.63, 3.8) is 0 Å². The standard InChI is InChI=1S/C18H13FO3/c19-15-6-9-16(10-7-15)21-12-18(20)22-17-8-5-13-3-1-2-4-14(13)11-17/h1-11H,12H2. The summed E-state index contributed by atoms with van der Waals surface area (Å²) in [5, 5.41) is 2.07. The van der Waals surface area contributed by atoms with E-state index >= 15 is 0 Å². The highest BCUT2D eigenvalue weighted by molar-refractivity contribution is 5.84. The van der Waals surface area contributed by atoms with Crippen molar-refractivity contribution in [2.24, 2.45) is 0 Å². The number of fused-ring (bicyclic) bond motifs is 1. The van der Waals surface area contributed by atoms with Gasteiger partial charge in [-0.1, -0.05) is 30.3 Å². The number of benzene rings is 3. The molecule has 22 heavy (non-hydrogen) atoms. The summed E-state index contributed by atoms with van der Waals surface area (Å²) in [5.41, 5.74) is 0. The first-order valence-corrected chi connectivity index (χ1v) is 6.78. The quantitative estimate of drug-likeness (QED) is 0.540. The Morgan fingerprint density at radius 3 is 2.32 bits per heavy atom. The van der Waals surface area contributed by atoms with Gasteiger partial charge in [-0.25, -0.2) is 9.18 Å². The summed E-state index contributed by atoms with van der Waals surface area (Å²) in [4.78, 5) is 11.8. The number of ether oxygens (including phenoxy) is 2. The third-order valence-corrected chi connectivity index (χ3v) is 3.12. The van der Waals surface area contributed by atoms with Crippen LogP contribution in [0.25, 0.3) is 10.8 Å². The molecule has 0 atom stereocenters. The Morgan fingerprint density at radius 1 is 0.864 bits per heavy atom. The third-order valence-electron chi connectivity index (χ3n) is 3.12. The van der Waals surface area contributed by atoms with E-state index in [2.05, 4.69) is 0 Å². The lowest BCUT2D eigenvalue weighted by Crippen LogP contribution is -2.17. The van der Waals surface area contributed by atoms with Gasteiger partial charge in [-0.05, 0) is 47.2 Å². The minimum Gasteiger partial charge on any atom is -0.482 e. The van der Waals surface area contributed by atoms with Gasteiger partial charge in [-0.3, -0.25) is 0 Å². The van der Waals surface area contributed by atoms with E-state index in [9.17, 15) is 9.18 Å². The fourth-order valence-corrected chi connectivity index (χ4v) is 2.06. The number of hydrogen-bond acceptors (Lipinski definition) is 3. The van der Waals surface area contributed by atoms with E-state index in [0.29, 0.717) is 11.5 Å². The number of rotatable bonds is 4. The minimum absolute atomic E-state index is 0.238. The molecule has 0 spiro atoms. The second-order valence-corrected chi connectivity index (χ2v) is 4.73. The Balaban J connectivity index is 1.61. The van der Waals surface area contributed by atoms with Crippen molar-refractivity contribution in [1.82, 2.24) is 0 Å². The Kier molecular flexibility index (Phi) is 4.01. The molecule has 0 saturated carbocycles. The van der Waals surface area contributed by atoms with Crippen LogP contribution in [0.4, 0.5) is 4.39 Å². The van der Waals surface area contributed by atoms with E-state index in [1.54, 1.807) is 12.1 Å². The molecule has 110 valence electrons. The molecule has 3 rings (SSSR count). The van der Waals surface area contributed by atoms with Crippen LogP contribution in [0.5, 0.6) is 11.5 Å². The highest BCUT2D eigenvalue weighted by Gasteiger charge is 2.07. The van der Waals surface area contributed by atoms with Crippen LogP contribution >= 0.6 is 0 Å². The summed E-state index contributed by atoms with van der Waals surface area (Å²) in [6, 6.07) is 18.7. The number of carbonyl (C=O) groups is 1. The molecule has 3 nitrogen and oxygen atoms in total. The van der Waals surface area contributed by atoms with Crippen LogP contribution < -0.4 is 9.47 Å². The number of carbonyl (C=O) groups excluding carboxylic acids is 1. The normalized spacial score (nSPS) is 10.4. The van der Waals surface area contributed by atoms with E-state index in [4.69, 9.17) is 9.47 Å². The molecular formula is C18H13FO3. The van der Waals surface area contributed by atoms with Crippen molar-refractivity contribution >= 4 is 16.7 Å². The van der Waals surface area contributed by atoms with Crippen molar-refractivity contribution < 1.29 is 18.7 Å². The predicted octanol–water partition coefficient (Wildman–Crippen LogP) is 3.96. The molecule has 0 aliphatic heterocycles. The molecule has 0 aliphatic rings. The van der Waals surface area contributed by atoms with E-state index in [1.807, 2.05) is 30.3 Å². The van der Waals surface area contributed by atoms with Crippen molar-refractivity contribution in [3.8, 4) is 11.5 Å². The van der Waals surface area contributed by atoms with Gasteiger partial charge in [0.1, 0.15) is 17.3 Å². The molecule has 0 fully saturated rings. The van der Waals surface area contributed by atoms with Crippen molar-refractivity contribution in [3.05, 3.63) is 72.5 Å². The van der Waals surface area contributed by atoms with Crippen LogP contribution in [-0.4, -0.2) is 12.6 Å². The molecular weight excluding hydrogens is 283 g/mol. The van der Waals surface area contributed by atoms with Gasteiger partial charge < -0.3 is 9.47 Å². The summed E-state index contributed by atoms with van der Waals surface area (Å²) in [6.07, 6.45) is 0. The average Bonchev–Trinajstić information content (AvgIpc) is 2.54. The summed E-state index contributed by atoms with van der Waals surface area (Å²) in [5.74, 6) is 0.00830. The van der Waals surface area contributed by atoms with Crippen LogP contribution in [0.1, 0.15) is 0 Å². The van der Waals surface area contributed by atoms with E-state index in [0.717, 1.165) is 10.8 Å². The molecule has 4 heteroatoms. The molecule has 0 N–H and O–H groups in total. The zero-order valence-corrected chi connectivity index (χ0v) is 11.7. The van der Waals surface area contributed by atoms with Crippen LogP contribution in [-0.2, 0) is 4.79 Å². The lowest BCUT2D eigenvalue weighted by atomic mass is 10.1. The molecule has 3 aromatic carbocycles. The second kappa shape index (κ2) is 6.26. The fraction of sp³-hybridized carbons (Fsp3) is 0.0556. The molecule has 0 bridgehead atoms. The third kappa shape index (κ3) is 3.41. The highest BCUT2D eigenvalue weighted by atomic mass is 19.1. The first-order chi connectivity index (χ1) is 10.7. The van der Waals surface area contributed by atoms with Crippen LogP contribution in [0, 0.1) is 5.82 Å². The Morgan fingerprint density at radius 2 is 1.55 bits per heavy atom. The second-order valence-electron chi connectivity index (χ2n) is 4.73. The van der Waals surface area contributed by atoms with Gasteiger partial charge in [0.25, 0.3) is 0 Å². The van der Waals surface area contributed by atoms with Crippen LogP contribution in [0.15, 0.2) is 66.7 Å². The summed E-state index contributed by atoms with van der Waals surface area (Å²) in [7, 11) is 0. The van der Waals surface area contributed by atoms with Crippen LogP contribution in [0.2, 0.25) is 0 Å². The first kappa shape index (κ1) is 14.1.